The van der Waals surface area contributed by atoms with E-state index in [0.29, 0.717) is 5.92 Å². The van der Waals surface area contributed by atoms with Crippen LogP contribution >= 0.6 is 0 Å². The molecule has 0 saturated heterocycles. The van der Waals surface area contributed by atoms with E-state index >= 15 is 0 Å². The first-order chi connectivity index (χ1) is 3.72. The van der Waals surface area contributed by atoms with Crippen LogP contribution in [-0.2, 0) is 4.79 Å². The number of carbonyl (C=O) groups excluding carboxylic acids is 1. The molecule has 0 fully saturated rings. The summed E-state index contributed by atoms with van der Waals surface area (Å²) in [6.07, 6.45) is 1.89. The fourth-order valence-electron chi connectivity index (χ4n) is 0.528. The van der Waals surface area contributed by atoms with Gasteiger partial charge in [-0.1, -0.05) is 25.8 Å². The van der Waals surface area contributed by atoms with Crippen molar-refractivity contribution in [3.63, 3.8) is 0 Å². The maximum atomic E-state index is 9.99. The van der Waals surface area contributed by atoms with Gasteiger partial charge >= 0.3 is 0 Å². The maximum Gasteiger partial charge on any atom is 0 e. The molecule has 0 heterocycles. The molecular formula is C6H12NOU-. The standard InChI is InChI=1S/C6H12NO.U/c1-5(2)6(4-8)7-3;/h5-7H,1-3H3;/q-1;. The second kappa shape index (κ2) is 6.80. The Bertz CT molecular complexity index is 75.5. The summed E-state index contributed by atoms with van der Waals surface area (Å²) in [6, 6.07) is -0.102. The van der Waals surface area contributed by atoms with Gasteiger partial charge in [-0.25, -0.2) is 6.29 Å². The van der Waals surface area contributed by atoms with E-state index in [1.54, 1.807) is 7.05 Å². The van der Waals surface area contributed by atoms with Crippen LogP contribution in [0.15, 0.2) is 0 Å². The fourth-order valence-corrected chi connectivity index (χ4v) is 0.528. The largest absolute Gasteiger partial charge is 0.540 e. The second-order valence-electron chi connectivity index (χ2n) is 2.13. The van der Waals surface area contributed by atoms with Crippen LogP contribution in [0.2, 0.25) is 0 Å². The van der Waals surface area contributed by atoms with Crippen LogP contribution in [0, 0.1) is 37.0 Å². The predicted octanol–water partition coefficient (Wildman–Crippen LogP) is 0.340. The molecule has 0 amide bonds. The van der Waals surface area contributed by atoms with Crippen LogP contribution in [0.4, 0.5) is 0 Å². The summed E-state index contributed by atoms with van der Waals surface area (Å²) in [7, 11) is 1.76. The first-order valence-electron chi connectivity index (χ1n) is 2.77. The van der Waals surface area contributed by atoms with Crippen molar-refractivity contribution >= 4 is 6.29 Å². The molecular weight excluding hydrogens is 340 g/mol. The Kier molecular flexibility index (Phi) is 9.34. The first kappa shape index (κ1) is 12.4. The molecule has 0 aliphatic rings. The van der Waals surface area contributed by atoms with Gasteiger partial charge in [0.1, 0.15) is 0 Å². The SMILES string of the molecule is CNC([C-]=O)C(C)C.[U]. The molecule has 9 heavy (non-hydrogen) atoms. The van der Waals surface area contributed by atoms with E-state index < -0.39 is 0 Å². The molecule has 0 aliphatic carbocycles. The normalized spacial score (nSPS) is 12.4. The van der Waals surface area contributed by atoms with Crippen molar-refractivity contribution in [3.05, 3.63) is 0 Å². The Hall–Kier alpha value is 0.682. The summed E-state index contributed by atoms with van der Waals surface area (Å²) in [6.45, 7) is 3.96. The summed E-state index contributed by atoms with van der Waals surface area (Å²) in [5.74, 6) is 0.345. The third-order valence-corrected chi connectivity index (χ3v) is 1.10. The minimum atomic E-state index is -0.102. The van der Waals surface area contributed by atoms with Gasteiger partial charge < -0.3 is 10.1 Å². The van der Waals surface area contributed by atoms with E-state index in [1.807, 2.05) is 20.1 Å². The summed E-state index contributed by atoms with van der Waals surface area (Å²) in [4.78, 5) is 9.99. The molecule has 0 radical (unpaired) electrons. The van der Waals surface area contributed by atoms with Gasteiger partial charge in [-0.15, -0.1) is 0 Å². The number of rotatable bonds is 3. The monoisotopic (exact) mass is 352 g/mol. The van der Waals surface area contributed by atoms with E-state index in [9.17, 15) is 4.79 Å². The zero-order chi connectivity index (χ0) is 6.57. The molecule has 0 spiro atoms. The minimum absolute atomic E-state index is 0. The molecule has 0 saturated carbocycles. The van der Waals surface area contributed by atoms with Crippen molar-refractivity contribution in [1.29, 1.82) is 0 Å². The van der Waals surface area contributed by atoms with E-state index in [4.69, 9.17) is 0 Å². The molecule has 0 rings (SSSR count). The Morgan fingerprint density at radius 1 is 1.44 bits per heavy atom. The van der Waals surface area contributed by atoms with Gasteiger partial charge in [-0.3, -0.25) is 0 Å². The topological polar surface area (TPSA) is 29.1 Å². The number of likely N-dealkylation sites (N-methyl/N-ethyl adjacent to an activating group) is 1. The molecule has 52 valence electrons. The van der Waals surface area contributed by atoms with Crippen molar-refractivity contribution in [3.8, 4) is 0 Å². The summed E-state index contributed by atoms with van der Waals surface area (Å²) >= 11 is 0. The van der Waals surface area contributed by atoms with Gasteiger partial charge in [0.15, 0.2) is 0 Å². The molecule has 0 aliphatic heterocycles. The summed E-state index contributed by atoms with van der Waals surface area (Å²) in [5, 5.41) is 2.83. The van der Waals surface area contributed by atoms with Gasteiger partial charge in [-0.05, 0) is 7.05 Å². The van der Waals surface area contributed by atoms with Crippen LogP contribution in [0.5, 0.6) is 0 Å². The molecule has 1 atom stereocenters. The first-order valence-corrected chi connectivity index (χ1v) is 2.77. The number of hydrogen-bond donors (Lipinski definition) is 1. The second-order valence-corrected chi connectivity index (χ2v) is 2.13. The third-order valence-electron chi connectivity index (χ3n) is 1.10. The van der Waals surface area contributed by atoms with Crippen molar-refractivity contribution < 1.29 is 35.9 Å². The molecule has 0 aromatic carbocycles. The molecule has 1 unspecified atom stereocenters. The smallest absolute Gasteiger partial charge is 0 e. The Morgan fingerprint density at radius 2 is 1.89 bits per heavy atom. The summed E-state index contributed by atoms with van der Waals surface area (Å²) in [5.41, 5.74) is 0. The average molecular weight is 352 g/mol. The van der Waals surface area contributed by atoms with Gasteiger partial charge in [0.05, 0.1) is 0 Å². The van der Waals surface area contributed by atoms with Crippen LogP contribution in [0.1, 0.15) is 13.8 Å². The van der Waals surface area contributed by atoms with E-state index in [-0.39, 0.29) is 37.2 Å². The van der Waals surface area contributed by atoms with Crippen molar-refractivity contribution in [2.24, 2.45) is 5.92 Å². The Balaban J connectivity index is 0. The van der Waals surface area contributed by atoms with Gasteiger partial charge in [0, 0.05) is 31.1 Å². The van der Waals surface area contributed by atoms with Crippen molar-refractivity contribution in [2.75, 3.05) is 7.05 Å². The maximum absolute atomic E-state index is 9.99. The molecule has 1 N–H and O–H groups in total. The molecule has 0 aromatic rings. The van der Waals surface area contributed by atoms with E-state index in [1.165, 1.54) is 0 Å². The Morgan fingerprint density at radius 3 is 1.89 bits per heavy atom. The van der Waals surface area contributed by atoms with E-state index in [2.05, 4.69) is 5.32 Å². The molecule has 3 heteroatoms. The zero-order valence-corrected chi connectivity index (χ0v) is 10.2. The van der Waals surface area contributed by atoms with Gasteiger partial charge in [-0.2, -0.15) is 0 Å². The fraction of sp³-hybridized carbons (Fsp3) is 0.833. The summed E-state index contributed by atoms with van der Waals surface area (Å²) < 4.78 is 0. The number of nitrogens with one attached hydrogen (secondary N) is 1. The number of hydrogen-bond acceptors (Lipinski definition) is 2. The van der Waals surface area contributed by atoms with Crippen LogP contribution in [-0.4, -0.2) is 19.4 Å². The van der Waals surface area contributed by atoms with Crippen LogP contribution in [0.25, 0.3) is 0 Å². The minimum Gasteiger partial charge on any atom is -0.540 e. The third kappa shape index (κ3) is 5.14. The van der Waals surface area contributed by atoms with Crippen LogP contribution < -0.4 is 5.32 Å². The van der Waals surface area contributed by atoms with Gasteiger partial charge in [0.25, 0.3) is 0 Å². The van der Waals surface area contributed by atoms with Crippen molar-refractivity contribution in [1.82, 2.24) is 5.32 Å². The zero-order valence-electron chi connectivity index (χ0n) is 6.06. The predicted molar refractivity (Wildman–Crippen MR) is 33.4 cm³/mol. The molecule has 0 bridgehead atoms. The van der Waals surface area contributed by atoms with Crippen molar-refractivity contribution in [2.45, 2.75) is 19.9 Å². The molecule has 0 aromatic heterocycles. The average Bonchev–Trinajstić information content (AvgIpc) is 1.69. The quantitative estimate of drug-likeness (QED) is 0.743. The Labute approximate surface area is 80.2 Å². The molecule has 2 nitrogen and oxygen atoms in total. The van der Waals surface area contributed by atoms with Crippen LogP contribution in [0.3, 0.4) is 0 Å². The van der Waals surface area contributed by atoms with E-state index in [0.717, 1.165) is 0 Å². The van der Waals surface area contributed by atoms with Gasteiger partial charge in [0.2, 0.25) is 0 Å².